The molecule has 18 heavy (non-hydrogen) atoms. The Morgan fingerprint density at radius 1 is 1.11 bits per heavy atom. The largest absolute Gasteiger partial charge is 0.508 e. The third kappa shape index (κ3) is 3.03. The van der Waals surface area contributed by atoms with Gasteiger partial charge in [0.2, 0.25) is 0 Å². The molecule has 0 aliphatic rings. The lowest BCUT2D eigenvalue weighted by atomic mass is 9.92. The molecule has 0 saturated heterocycles. The molecule has 2 nitrogen and oxygen atoms in total. The summed E-state index contributed by atoms with van der Waals surface area (Å²) in [7, 11) is 0. The zero-order valence-electron chi connectivity index (χ0n) is 10.0. The van der Waals surface area contributed by atoms with Crippen molar-refractivity contribution in [2.45, 2.75) is 12.3 Å². The topological polar surface area (TPSA) is 46.2 Å². The van der Waals surface area contributed by atoms with Crippen molar-refractivity contribution in [3.63, 3.8) is 0 Å². The highest BCUT2D eigenvalue weighted by Gasteiger charge is 2.13. The molecule has 0 saturated carbocycles. The van der Waals surface area contributed by atoms with E-state index in [0.29, 0.717) is 6.54 Å². The number of hydrogen-bond acceptors (Lipinski definition) is 2. The highest BCUT2D eigenvalue weighted by Crippen LogP contribution is 2.27. The van der Waals surface area contributed by atoms with Gasteiger partial charge in [-0.3, -0.25) is 0 Å². The number of phenols is 1. The Labute approximate surface area is 112 Å². The van der Waals surface area contributed by atoms with Crippen molar-refractivity contribution < 1.29 is 5.11 Å². The molecular formula is C15H16ClNO. The average molecular weight is 262 g/mol. The Balaban J connectivity index is 2.23. The maximum atomic E-state index is 9.47. The van der Waals surface area contributed by atoms with E-state index in [-0.39, 0.29) is 11.7 Å². The van der Waals surface area contributed by atoms with Crippen LogP contribution < -0.4 is 5.73 Å². The van der Waals surface area contributed by atoms with Crippen molar-refractivity contribution in [1.29, 1.82) is 0 Å². The maximum absolute atomic E-state index is 9.47. The predicted octanol–water partition coefficient (Wildman–Crippen LogP) is 3.33. The van der Waals surface area contributed by atoms with Crippen molar-refractivity contribution in [3.8, 4) is 5.75 Å². The average Bonchev–Trinajstić information content (AvgIpc) is 2.37. The molecule has 0 aromatic heterocycles. The quantitative estimate of drug-likeness (QED) is 0.887. The summed E-state index contributed by atoms with van der Waals surface area (Å²) in [5.74, 6) is 0.447. The molecular weight excluding hydrogens is 246 g/mol. The van der Waals surface area contributed by atoms with Gasteiger partial charge in [0.25, 0.3) is 0 Å². The number of phenolic OH excluding ortho intramolecular Hbond substituents is 1. The second-order valence-electron chi connectivity index (χ2n) is 4.33. The monoisotopic (exact) mass is 261 g/mol. The van der Waals surface area contributed by atoms with E-state index in [1.807, 2.05) is 36.4 Å². The Morgan fingerprint density at radius 3 is 2.56 bits per heavy atom. The van der Waals surface area contributed by atoms with Gasteiger partial charge in [0, 0.05) is 10.9 Å². The minimum atomic E-state index is 0.167. The van der Waals surface area contributed by atoms with E-state index in [1.54, 1.807) is 12.1 Å². The summed E-state index contributed by atoms with van der Waals surface area (Å²) in [4.78, 5) is 0. The molecule has 2 aromatic carbocycles. The van der Waals surface area contributed by atoms with Gasteiger partial charge in [-0.1, -0.05) is 41.9 Å². The molecule has 2 rings (SSSR count). The van der Waals surface area contributed by atoms with E-state index >= 15 is 0 Å². The highest BCUT2D eigenvalue weighted by molar-refractivity contribution is 6.31. The van der Waals surface area contributed by atoms with E-state index in [0.717, 1.165) is 22.6 Å². The smallest absolute Gasteiger partial charge is 0.115 e. The van der Waals surface area contributed by atoms with E-state index in [4.69, 9.17) is 17.3 Å². The van der Waals surface area contributed by atoms with Crippen LogP contribution in [0.2, 0.25) is 5.02 Å². The Kier molecular flexibility index (Phi) is 4.24. The van der Waals surface area contributed by atoms with Crippen LogP contribution in [0.1, 0.15) is 17.0 Å². The van der Waals surface area contributed by atoms with Gasteiger partial charge in [0.15, 0.2) is 0 Å². The first kappa shape index (κ1) is 12.9. The first-order chi connectivity index (χ1) is 8.70. The van der Waals surface area contributed by atoms with E-state index in [9.17, 15) is 5.11 Å². The summed E-state index contributed by atoms with van der Waals surface area (Å²) in [5, 5.41) is 10.2. The zero-order chi connectivity index (χ0) is 13.0. The van der Waals surface area contributed by atoms with Crippen molar-refractivity contribution in [1.82, 2.24) is 0 Å². The number of aromatic hydroxyl groups is 1. The molecule has 0 aliphatic heterocycles. The van der Waals surface area contributed by atoms with Gasteiger partial charge in [0.05, 0.1) is 0 Å². The van der Waals surface area contributed by atoms with Crippen LogP contribution in [0.15, 0.2) is 48.5 Å². The van der Waals surface area contributed by atoms with Gasteiger partial charge in [-0.05, 0) is 42.3 Å². The standard InChI is InChI=1S/C15H16ClNO/c16-15-7-2-1-6-14(15)12(10-17)8-11-4-3-5-13(18)9-11/h1-7,9,12,18H,8,10,17H2. The minimum absolute atomic E-state index is 0.167. The van der Waals surface area contributed by atoms with Gasteiger partial charge in [-0.2, -0.15) is 0 Å². The molecule has 0 spiro atoms. The van der Waals surface area contributed by atoms with Crippen LogP contribution in [-0.2, 0) is 6.42 Å². The van der Waals surface area contributed by atoms with Crippen molar-refractivity contribution in [3.05, 3.63) is 64.7 Å². The SMILES string of the molecule is NCC(Cc1cccc(O)c1)c1ccccc1Cl. The van der Waals surface area contributed by atoms with Gasteiger partial charge < -0.3 is 10.8 Å². The summed E-state index contributed by atoms with van der Waals surface area (Å²) >= 11 is 6.19. The van der Waals surface area contributed by atoms with Crippen LogP contribution in [0.5, 0.6) is 5.75 Å². The normalized spacial score (nSPS) is 12.3. The lowest BCUT2D eigenvalue weighted by Gasteiger charge is -2.16. The summed E-state index contributed by atoms with van der Waals surface area (Å²) in [5.41, 5.74) is 7.96. The van der Waals surface area contributed by atoms with E-state index < -0.39 is 0 Å². The predicted molar refractivity (Wildman–Crippen MR) is 75.1 cm³/mol. The summed E-state index contributed by atoms with van der Waals surface area (Å²) in [6.45, 7) is 0.527. The zero-order valence-corrected chi connectivity index (χ0v) is 10.8. The van der Waals surface area contributed by atoms with Crippen LogP contribution in [0.25, 0.3) is 0 Å². The fourth-order valence-electron chi connectivity index (χ4n) is 2.09. The molecule has 0 bridgehead atoms. The first-order valence-corrected chi connectivity index (χ1v) is 6.31. The molecule has 3 heteroatoms. The van der Waals surface area contributed by atoms with Crippen LogP contribution >= 0.6 is 11.6 Å². The lowest BCUT2D eigenvalue weighted by Crippen LogP contribution is -2.15. The number of rotatable bonds is 4. The fourth-order valence-corrected chi connectivity index (χ4v) is 2.38. The van der Waals surface area contributed by atoms with Gasteiger partial charge in [-0.25, -0.2) is 0 Å². The van der Waals surface area contributed by atoms with Crippen molar-refractivity contribution in [2.24, 2.45) is 5.73 Å². The number of halogens is 1. The number of nitrogens with two attached hydrogens (primary N) is 1. The second kappa shape index (κ2) is 5.89. The van der Waals surface area contributed by atoms with E-state index in [1.165, 1.54) is 0 Å². The fraction of sp³-hybridized carbons (Fsp3) is 0.200. The minimum Gasteiger partial charge on any atom is -0.508 e. The summed E-state index contributed by atoms with van der Waals surface area (Å²) in [6.07, 6.45) is 0.772. The molecule has 94 valence electrons. The Hall–Kier alpha value is -1.51. The number of hydrogen-bond donors (Lipinski definition) is 2. The van der Waals surface area contributed by atoms with E-state index in [2.05, 4.69) is 0 Å². The molecule has 1 unspecified atom stereocenters. The van der Waals surface area contributed by atoms with Crippen LogP contribution in [0, 0.1) is 0 Å². The van der Waals surface area contributed by atoms with Crippen molar-refractivity contribution >= 4 is 11.6 Å². The Morgan fingerprint density at radius 2 is 1.89 bits per heavy atom. The Bertz CT molecular complexity index is 527. The third-order valence-corrected chi connectivity index (χ3v) is 3.37. The molecule has 0 amide bonds. The molecule has 3 N–H and O–H groups in total. The highest BCUT2D eigenvalue weighted by atomic mass is 35.5. The molecule has 0 aliphatic carbocycles. The van der Waals surface area contributed by atoms with Crippen LogP contribution in [0.3, 0.4) is 0 Å². The maximum Gasteiger partial charge on any atom is 0.115 e. The van der Waals surface area contributed by atoms with Gasteiger partial charge in [0.1, 0.15) is 5.75 Å². The van der Waals surface area contributed by atoms with Crippen LogP contribution in [-0.4, -0.2) is 11.7 Å². The lowest BCUT2D eigenvalue weighted by molar-refractivity contribution is 0.474. The van der Waals surface area contributed by atoms with Gasteiger partial charge in [-0.15, -0.1) is 0 Å². The third-order valence-electron chi connectivity index (χ3n) is 3.02. The van der Waals surface area contributed by atoms with Crippen LogP contribution in [0.4, 0.5) is 0 Å². The summed E-state index contributed by atoms with van der Waals surface area (Å²) in [6, 6.07) is 15.0. The molecule has 1 atom stereocenters. The summed E-state index contributed by atoms with van der Waals surface area (Å²) < 4.78 is 0. The van der Waals surface area contributed by atoms with Gasteiger partial charge >= 0.3 is 0 Å². The molecule has 0 radical (unpaired) electrons. The first-order valence-electron chi connectivity index (χ1n) is 5.93. The molecule has 2 aromatic rings. The van der Waals surface area contributed by atoms with Crippen molar-refractivity contribution in [2.75, 3.05) is 6.54 Å². The number of benzene rings is 2. The second-order valence-corrected chi connectivity index (χ2v) is 4.74. The molecule has 0 fully saturated rings. The molecule has 0 heterocycles.